The van der Waals surface area contributed by atoms with Crippen molar-refractivity contribution in [3.05, 3.63) is 23.8 Å². The molecule has 0 unspecified atom stereocenters. The normalized spacial score (nSPS) is 20.3. The van der Waals surface area contributed by atoms with Gasteiger partial charge in [-0.1, -0.05) is 12.8 Å². The van der Waals surface area contributed by atoms with Gasteiger partial charge in [-0.25, -0.2) is 0 Å². The highest BCUT2D eigenvalue weighted by molar-refractivity contribution is 6.01. The lowest BCUT2D eigenvalue weighted by Gasteiger charge is -2.26. The Morgan fingerprint density at radius 3 is 2.53 bits per heavy atom. The second-order valence-electron chi connectivity index (χ2n) is 5.38. The third-order valence-corrected chi connectivity index (χ3v) is 4.24. The highest BCUT2D eigenvalue weighted by atomic mass is 16.6. The number of carbonyl (C=O) groups is 1. The number of fused-ring (bicyclic) bond motifs is 1. The fourth-order valence-electron chi connectivity index (χ4n) is 3.07. The summed E-state index contributed by atoms with van der Waals surface area (Å²) in [5.41, 5.74) is 6.20. The summed E-state index contributed by atoms with van der Waals surface area (Å²) in [6.07, 6.45) is 3.98. The van der Waals surface area contributed by atoms with E-state index in [4.69, 9.17) is 15.2 Å². The summed E-state index contributed by atoms with van der Waals surface area (Å²) in [6.45, 7) is 1.53. The Labute approximate surface area is 112 Å². The zero-order valence-electron chi connectivity index (χ0n) is 11.0. The molecule has 0 spiro atoms. The Morgan fingerprint density at radius 1 is 1.16 bits per heavy atom. The van der Waals surface area contributed by atoms with Crippen molar-refractivity contribution in [2.24, 2.45) is 11.1 Å². The minimum absolute atomic E-state index is 0.157. The fourth-order valence-corrected chi connectivity index (χ4v) is 3.07. The van der Waals surface area contributed by atoms with Gasteiger partial charge in [0.2, 0.25) is 0 Å². The maximum atomic E-state index is 12.7. The molecule has 1 fully saturated rings. The molecular weight excluding hydrogens is 242 g/mol. The predicted molar refractivity (Wildman–Crippen MR) is 71.7 cm³/mol. The molecule has 102 valence electrons. The van der Waals surface area contributed by atoms with E-state index in [0.717, 1.165) is 31.4 Å². The Bertz CT molecular complexity index is 492. The maximum Gasteiger partial charge on any atom is 0.170 e. The Kier molecular flexibility index (Phi) is 3.19. The standard InChI is InChI=1S/C15H19NO3/c16-10-15(5-1-2-6-15)14(17)11-3-4-12-13(9-11)19-8-7-18-12/h3-4,9H,1-2,5-8,10,16H2. The number of benzene rings is 1. The monoisotopic (exact) mass is 261 g/mol. The van der Waals surface area contributed by atoms with Crippen LogP contribution in [0.15, 0.2) is 18.2 Å². The van der Waals surface area contributed by atoms with Crippen LogP contribution in [0.25, 0.3) is 0 Å². The van der Waals surface area contributed by atoms with E-state index in [-0.39, 0.29) is 11.2 Å². The third-order valence-electron chi connectivity index (χ3n) is 4.24. The first-order valence-electron chi connectivity index (χ1n) is 6.90. The van der Waals surface area contributed by atoms with Crippen molar-refractivity contribution in [3.63, 3.8) is 0 Å². The number of Topliss-reactive ketones (excluding diaryl/α,β-unsaturated/α-hetero) is 1. The zero-order chi connectivity index (χ0) is 13.3. The molecule has 4 nitrogen and oxygen atoms in total. The van der Waals surface area contributed by atoms with Crippen LogP contribution in [-0.2, 0) is 0 Å². The number of hydrogen-bond acceptors (Lipinski definition) is 4. The molecule has 3 rings (SSSR count). The van der Waals surface area contributed by atoms with Gasteiger partial charge in [0.1, 0.15) is 13.2 Å². The van der Waals surface area contributed by atoms with Crippen LogP contribution in [-0.4, -0.2) is 25.5 Å². The van der Waals surface area contributed by atoms with Gasteiger partial charge in [-0.15, -0.1) is 0 Å². The number of carbonyl (C=O) groups excluding carboxylic acids is 1. The summed E-state index contributed by atoms with van der Waals surface area (Å²) in [5, 5.41) is 0. The molecule has 1 saturated carbocycles. The number of nitrogens with two attached hydrogens (primary N) is 1. The predicted octanol–water partition coefficient (Wildman–Crippen LogP) is 2.16. The summed E-state index contributed by atoms with van der Waals surface area (Å²) in [6, 6.07) is 5.44. The highest BCUT2D eigenvalue weighted by Crippen LogP contribution is 2.41. The van der Waals surface area contributed by atoms with Crippen LogP contribution in [0.4, 0.5) is 0 Å². The first-order chi connectivity index (χ1) is 9.25. The lowest BCUT2D eigenvalue weighted by atomic mass is 9.79. The third kappa shape index (κ3) is 2.10. The van der Waals surface area contributed by atoms with Crippen LogP contribution in [0.5, 0.6) is 11.5 Å². The maximum absolute atomic E-state index is 12.7. The van der Waals surface area contributed by atoms with Crippen LogP contribution >= 0.6 is 0 Å². The molecule has 0 saturated heterocycles. The molecule has 0 bridgehead atoms. The van der Waals surface area contributed by atoms with Crippen molar-refractivity contribution in [1.29, 1.82) is 0 Å². The molecule has 0 amide bonds. The zero-order valence-corrected chi connectivity index (χ0v) is 11.0. The molecule has 1 aliphatic carbocycles. The second kappa shape index (κ2) is 4.85. The van der Waals surface area contributed by atoms with E-state index < -0.39 is 0 Å². The molecule has 1 aromatic carbocycles. The first kappa shape index (κ1) is 12.5. The molecule has 2 N–H and O–H groups in total. The van der Waals surface area contributed by atoms with Crippen molar-refractivity contribution in [2.75, 3.05) is 19.8 Å². The fraction of sp³-hybridized carbons (Fsp3) is 0.533. The highest BCUT2D eigenvalue weighted by Gasteiger charge is 2.40. The molecule has 1 aliphatic heterocycles. The van der Waals surface area contributed by atoms with Crippen LogP contribution in [0.2, 0.25) is 0 Å². The van der Waals surface area contributed by atoms with E-state index in [9.17, 15) is 4.79 Å². The van der Waals surface area contributed by atoms with Crippen LogP contribution in [0.3, 0.4) is 0 Å². The van der Waals surface area contributed by atoms with Gasteiger partial charge in [-0.05, 0) is 31.0 Å². The average Bonchev–Trinajstić information content (AvgIpc) is 2.96. The molecule has 1 heterocycles. The minimum atomic E-state index is -0.357. The van der Waals surface area contributed by atoms with Gasteiger partial charge in [-0.3, -0.25) is 4.79 Å². The van der Waals surface area contributed by atoms with Crippen LogP contribution < -0.4 is 15.2 Å². The topological polar surface area (TPSA) is 61.6 Å². The number of ether oxygens (including phenoxy) is 2. The Balaban J connectivity index is 1.91. The molecule has 0 aromatic heterocycles. The van der Waals surface area contributed by atoms with Gasteiger partial charge in [0, 0.05) is 17.5 Å². The van der Waals surface area contributed by atoms with E-state index in [1.54, 1.807) is 6.07 Å². The second-order valence-corrected chi connectivity index (χ2v) is 5.38. The SMILES string of the molecule is NCC1(C(=O)c2ccc3c(c2)OCCO3)CCCC1. The van der Waals surface area contributed by atoms with Crippen LogP contribution in [0, 0.1) is 5.41 Å². The first-order valence-corrected chi connectivity index (χ1v) is 6.90. The van der Waals surface area contributed by atoms with Gasteiger partial charge in [0.25, 0.3) is 0 Å². The van der Waals surface area contributed by atoms with Crippen molar-refractivity contribution in [2.45, 2.75) is 25.7 Å². The van der Waals surface area contributed by atoms with Crippen molar-refractivity contribution >= 4 is 5.78 Å². The summed E-state index contributed by atoms with van der Waals surface area (Å²) in [4.78, 5) is 12.7. The average molecular weight is 261 g/mol. The smallest absolute Gasteiger partial charge is 0.170 e. The van der Waals surface area contributed by atoms with E-state index in [1.165, 1.54) is 0 Å². The number of rotatable bonds is 3. The van der Waals surface area contributed by atoms with Gasteiger partial charge in [-0.2, -0.15) is 0 Å². The number of ketones is 1. The Hall–Kier alpha value is -1.55. The van der Waals surface area contributed by atoms with Gasteiger partial charge < -0.3 is 15.2 Å². The minimum Gasteiger partial charge on any atom is -0.486 e. The van der Waals surface area contributed by atoms with Gasteiger partial charge >= 0.3 is 0 Å². The van der Waals surface area contributed by atoms with E-state index >= 15 is 0 Å². The molecule has 4 heteroatoms. The molecule has 0 radical (unpaired) electrons. The van der Waals surface area contributed by atoms with Crippen LogP contribution in [0.1, 0.15) is 36.0 Å². The van der Waals surface area contributed by atoms with E-state index in [1.807, 2.05) is 12.1 Å². The summed E-state index contributed by atoms with van der Waals surface area (Å²) in [7, 11) is 0. The van der Waals surface area contributed by atoms with Crippen molar-refractivity contribution in [3.8, 4) is 11.5 Å². The van der Waals surface area contributed by atoms with Crippen molar-refractivity contribution in [1.82, 2.24) is 0 Å². The summed E-state index contributed by atoms with van der Waals surface area (Å²) in [5.74, 6) is 1.54. The summed E-state index contributed by atoms with van der Waals surface area (Å²) >= 11 is 0. The van der Waals surface area contributed by atoms with Gasteiger partial charge in [0.15, 0.2) is 17.3 Å². The lowest BCUT2D eigenvalue weighted by molar-refractivity contribution is 0.0808. The Morgan fingerprint density at radius 2 is 1.84 bits per heavy atom. The van der Waals surface area contributed by atoms with E-state index in [2.05, 4.69) is 0 Å². The largest absolute Gasteiger partial charge is 0.486 e. The molecular formula is C15H19NO3. The molecule has 2 aliphatic rings. The lowest BCUT2D eigenvalue weighted by Crippen LogP contribution is -2.36. The van der Waals surface area contributed by atoms with Gasteiger partial charge in [0.05, 0.1) is 0 Å². The quantitative estimate of drug-likeness (QED) is 0.847. The number of hydrogen-bond donors (Lipinski definition) is 1. The van der Waals surface area contributed by atoms with E-state index in [0.29, 0.717) is 31.1 Å². The summed E-state index contributed by atoms with van der Waals surface area (Å²) < 4.78 is 11.0. The van der Waals surface area contributed by atoms with Crippen molar-refractivity contribution < 1.29 is 14.3 Å². The molecule has 19 heavy (non-hydrogen) atoms. The molecule has 0 atom stereocenters. The molecule has 1 aromatic rings.